The van der Waals surface area contributed by atoms with Gasteiger partial charge in [-0.15, -0.1) is 23.7 Å². The van der Waals surface area contributed by atoms with E-state index in [2.05, 4.69) is 22.8 Å². The lowest BCUT2D eigenvalue weighted by molar-refractivity contribution is -0.120. The first-order chi connectivity index (χ1) is 8.27. The fraction of sp³-hybridized carbons (Fsp3) is 0.615. The zero-order chi connectivity index (χ0) is 12.1. The fourth-order valence-corrected chi connectivity index (χ4v) is 3.65. The van der Waals surface area contributed by atoms with Gasteiger partial charge in [-0.05, 0) is 24.3 Å². The van der Waals surface area contributed by atoms with Gasteiger partial charge in [0.05, 0.1) is 6.54 Å². The van der Waals surface area contributed by atoms with Crippen molar-refractivity contribution in [2.24, 2.45) is 5.73 Å². The van der Waals surface area contributed by atoms with Crippen LogP contribution < -0.4 is 11.1 Å². The molecule has 0 bridgehead atoms. The first kappa shape index (κ1) is 15.5. The van der Waals surface area contributed by atoms with Crippen LogP contribution in [-0.2, 0) is 10.2 Å². The number of rotatable bonds is 4. The van der Waals surface area contributed by atoms with E-state index in [-0.39, 0.29) is 30.3 Å². The van der Waals surface area contributed by atoms with Crippen LogP contribution >= 0.6 is 23.7 Å². The third-order valence-electron chi connectivity index (χ3n) is 3.66. The Kier molecular flexibility index (Phi) is 6.12. The molecule has 3 nitrogen and oxygen atoms in total. The van der Waals surface area contributed by atoms with Gasteiger partial charge in [-0.1, -0.05) is 25.3 Å². The van der Waals surface area contributed by atoms with E-state index in [9.17, 15) is 4.79 Å². The maximum absolute atomic E-state index is 11.3. The molecule has 0 spiro atoms. The van der Waals surface area contributed by atoms with Gasteiger partial charge in [0.25, 0.3) is 0 Å². The van der Waals surface area contributed by atoms with Gasteiger partial charge in [0.2, 0.25) is 5.91 Å². The molecule has 1 aromatic rings. The molecular formula is C13H21ClN2OS. The van der Waals surface area contributed by atoms with Gasteiger partial charge in [0.1, 0.15) is 0 Å². The quantitative estimate of drug-likeness (QED) is 0.894. The summed E-state index contributed by atoms with van der Waals surface area (Å²) in [5.41, 5.74) is 5.50. The van der Waals surface area contributed by atoms with Gasteiger partial charge in [-0.3, -0.25) is 4.79 Å². The van der Waals surface area contributed by atoms with E-state index in [0.29, 0.717) is 0 Å². The van der Waals surface area contributed by atoms with Crippen LogP contribution in [0.5, 0.6) is 0 Å². The second-order valence-corrected chi connectivity index (χ2v) is 5.75. The molecule has 0 saturated heterocycles. The minimum absolute atomic E-state index is 0. The summed E-state index contributed by atoms with van der Waals surface area (Å²) in [6.07, 6.45) is 6.20. The van der Waals surface area contributed by atoms with Crippen LogP contribution in [-0.4, -0.2) is 19.0 Å². The highest BCUT2D eigenvalue weighted by molar-refractivity contribution is 7.10. The van der Waals surface area contributed by atoms with Crippen LogP contribution in [0.3, 0.4) is 0 Å². The number of nitrogens with two attached hydrogens (primary N) is 1. The number of nitrogens with one attached hydrogen (secondary N) is 1. The van der Waals surface area contributed by atoms with Crippen molar-refractivity contribution >= 4 is 29.7 Å². The van der Waals surface area contributed by atoms with Crippen molar-refractivity contribution in [1.82, 2.24) is 5.32 Å². The van der Waals surface area contributed by atoms with Gasteiger partial charge >= 0.3 is 0 Å². The Morgan fingerprint density at radius 1 is 1.39 bits per heavy atom. The zero-order valence-corrected chi connectivity index (χ0v) is 12.1. The summed E-state index contributed by atoms with van der Waals surface area (Å²) in [5, 5.41) is 5.10. The number of thiophene rings is 1. The van der Waals surface area contributed by atoms with Crippen molar-refractivity contribution in [3.05, 3.63) is 22.4 Å². The van der Waals surface area contributed by atoms with E-state index in [1.54, 1.807) is 11.3 Å². The molecule has 0 radical (unpaired) electrons. The van der Waals surface area contributed by atoms with Crippen LogP contribution in [0.4, 0.5) is 0 Å². The predicted octanol–water partition coefficient (Wildman–Crippen LogP) is 2.45. The Balaban J connectivity index is 0.00000162. The number of hydrogen-bond acceptors (Lipinski definition) is 3. The third kappa shape index (κ3) is 3.46. The van der Waals surface area contributed by atoms with Gasteiger partial charge in [-0.25, -0.2) is 0 Å². The van der Waals surface area contributed by atoms with E-state index in [4.69, 9.17) is 5.73 Å². The standard InChI is InChI=1S/C13H20N2OS.ClH/c14-9-12(16)15-10-13(6-2-1-3-7-13)11-5-4-8-17-11;/h4-5,8H,1-3,6-7,9-10,14H2,(H,15,16);1H. The van der Waals surface area contributed by atoms with Crippen LogP contribution in [0.2, 0.25) is 0 Å². The molecule has 2 rings (SSSR count). The number of hydrogen-bond donors (Lipinski definition) is 2. The minimum Gasteiger partial charge on any atom is -0.354 e. The minimum atomic E-state index is -0.0495. The highest BCUT2D eigenvalue weighted by atomic mass is 35.5. The lowest BCUT2D eigenvalue weighted by atomic mass is 9.73. The van der Waals surface area contributed by atoms with Crippen molar-refractivity contribution < 1.29 is 4.79 Å². The maximum atomic E-state index is 11.3. The molecule has 1 aliphatic rings. The number of carbonyl (C=O) groups is 1. The Morgan fingerprint density at radius 2 is 2.11 bits per heavy atom. The van der Waals surface area contributed by atoms with Crippen LogP contribution in [0.15, 0.2) is 17.5 Å². The second kappa shape index (κ2) is 7.12. The topological polar surface area (TPSA) is 55.1 Å². The zero-order valence-electron chi connectivity index (χ0n) is 10.5. The van der Waals surface area contributed by atoms with Crippen molar-refractivity contribution in [1.29, 1.82) is 0 Å². The summed E-state index contributed by atoms with van der Waals surface area (Å²) in [7, 11) is 0. The van der Waals surface area contributed by atoms with Crippen LogP contribution in [0, 0.1) is 0 Å². The lowest BCUT2D eigenvalue weighted by Crippen LogP contribution is -2.43. The lowest BCUT2D eigenvalue weighted by Gasteiger charge is -2.36. The molecule has 18 heavy (non-hydrogen) atoms. The van der Waals surface area contributed by atoms with E-state index in [1.807, 2.05) is 0 Å². The molecule has 1 fully saturated rings. The molecule has 102 valence electrons. The van der Waals surface area contributed by atoms with Gasteiger partial charge < -0.3 is 11.1 Å². The van der Waals surface area contributed by atoms with Crippen molar-refractivity contribution in [3.63, 3.8) is 0 Å². The highest BCUT2D eigenvalue weighted by Crippen LogP contribution is 2.40. The molecule has 0 atom stereocenters. The summed E-state index contributed by atoms with van der Waals surface area (Å²) >= 11 is 1.81. The van der Waals surface area contributed by atoms with E-state index in [1.165, 1.54) is 37.0 Å². The summed E-state index contributed by atoms with van der Waals surface area (Å²) in [5.74, 6) is -0.0495. The van der Waals surface area contributed by atoms with Crippen molar-refractivity contribution in [2.45, 2.75) is 37.5 Å². The van der Waals surface area contributed by atoms with E-state index in [0.717, 1.165) is 6.54 Å². The molecular weight excluding hydrogens is 268 g/mol. The fourth-order valence-electron chi connectivity index (χ4n) is 2.66. The van der Waals surface area contributed by atoms with Gasteiger partial charge in [-0.2, -0.15) is 0 Å². The Bertz CT molecular complexity index is 361. The summed E-state index contributed by atoms with van der Waals surface area (Å²) in [6.45, 7) is 0.823. The average molecular weight is 289 g/mol. The SMILES string of the molecule is Cl.NCC(=O)NCC1(c2cccs2)CCCCC1. The van der Waals surface area contributed by atoms with Crippen LogP contribution in [0.25, 0.3) is 0 Å². The monoisotopic (exact) mass is 288 g/mol. The normalized spacial score (nSPS) is 17.8. The molecule has 3 N–H and O–H groups in total. The average Bonchev–Trinajstić information content (AvgIpc) is 2.91. The highest BCUT2D eigenvalue weighted by Gasteiger charge is 2.34. The van der Waals surface area contributed by atoms with Crippen LogP contribution in [0.1, 0.15) is 37.0 Å². The smallest absolute Gasteiger partial charge is 0.233 e. The molecule has 1 heterocycles. The van der Waals surface area contributed by atoms with Crippen molar-refractivity contribution in [3.8, 4) is 0 Å². The third-order valence-corrected chi connectivity index (χ3v) is 4.78. The van der Waals surface area contributed by atoms with E-state index < -0.39 is 0 Å². The Hall–Kier alpha value is -0.580. The number of carbonyl (C=O) groups excluding carboxylic acids is 1. The molecule has 1 saturated carbocycles. The summed E-state index contributed by atoms with van der Waals surface area (Å²) < 4.78 is 0. The molecule has 0 unspecified atom stereocenters. The Labute approximate surface area is 119 Å². The second-order valence-electron chi connectivity index (χ2n) is 4.80. The number of halogens is 1. The summed E-state index contributed by atoms with van der Waals surface area (Å²) in [6, 6.07) is 4.30. The van der Waals surface area contributed by atoms with Crippen molar-refractivity contribution in [2.75, 3.05) is 13.1 Å². The maximum Gasteiger partial charge on any atom is 0.233 e. The first-order valence-corrected chi connectivity index (χ1v) is 7.15. The van der Waals surface area contributed by atoms with Gasteiger partial charge in [0.15, 0.2) is 0 Å². The molecule has 1 aliphatic carbocycles. The predicted molar refractivity (Wildman–Crippen MR) is 78.4 cm³/mol. The van der Waals surface area contributed by atoms with E-state index >= 15 is 0 Å². The largest absolute Gasteiger partial charge is 0.354 e. The molecule has 5 heteroatoms. The van der Waals surface area contributed by atoms with Gasteiger partial charge in [0, 0.05) is 16.8 Å². The molecule has 0 aromatic carbocycles. The molecule has 1 aromatic heterocycles. The number of amides is 1. The molecule has 1 amide bonds. The Morgan fingerprint density at radius 3 is 2.67 bits per heavy atom. The summed E-state index contributed by atoms with van der Waals surface area (Å²) in [4.78, 5) is 12.7. The molecule has 0 aliphatic heterocycles. The first-order valence-electron chi connectivity index (χ1n) is 6.28.